The van der Waals surface area contributed by atoms with E-state index in [4.69, 9.17) is 9.15 Å². The van der Waals surface area contributed by atoms with Crippen LogP contribution in [0.5, 0.6) is 11.5 Å². The molecule has 0 bridgehead atoms. The Hall–Kier alpha value is -3.86. The number of rotatable bonds is 3. The number of ether oxygens (including phenoxy) is 1. The van der Waals surface area contributed by atoms with Crippen LogP contribution in [-0.2, 0) is 0 Å². The second-order valence-corrected chi connectivity index (χ2v) is 7.50. The van der Waals surface area contributed by atoms with Crippen molar-refractivity contribution in [2.75, 3.05) is 0 Å². The van der Waals surface area contributed by atoms with Crippen LogP contribution in [0, 0.1) is 13.8 Å². The number of hydrogen-bond donors (Lipinski definition) is 1. The molecule has 1 aliphatic heterocycles. The molecule has 5 heteroatoms. The second kappa shape index (κ2) is 6.88. The molecule has 2 heterocycles. The lowest BCUT2D eigenvalue weighted by Crippen LogP contribution is -2.21. The van der Waals surface area contributed by atoms with Crippen molar-refractivity contribution >= 4 is 16.9 Å². The Bertz CT molecular complexity index is 1360. The lowest BCUT2D eigenvalue weighted by atomic mass is 9.98. The zero-order valence-corrected chi connectivity index (χ0v) is 16.6. The third-order valence-electron chi connectivity index (χ3n) is 5.48. The van der Waals surface area contributed by atoms with Gasteiger partial charge in [-0.1, -0.05) is 30.3 Å². The first-order chi connectivity index (χ1) is 14.5. The summed E-state index contributed by atoms with van der Waals surface area (Å²) in [6, 6.07) is 19.9. The van der Waals surface area contributed by atoms with Crippen LogP contribution < -0.4 is 15.5 Å². The normalized spacial score (nSPS) is 15.1. The average Bonchev–Trinajstić information content (AvgIpc) is 3.07. The highest BCUT2D eigenvalue weighted by atomic mass is 16.5. The van der Waals surface area contributed by atoms with Crippen molar-refractivity contribution in [2.24, 2.45) is 0 Å². The van der Waals surface area contributed by atoms with Gasteiger partial charge in [-0.3, -0.25) is 9.59 Å². The number of nitrogens with one attached hydrogen (secondary N) is 1. The summed E-state index contributed by atoms with van der Waals surface area (Å²) in [5, 5.41) is 3.36. The molecule has 1 amide bonds. The van der Waals surface area contributed by atoms with Crippen LogP contribution in [0.4, 0.5) is 0 Å². The minimum atomic E-state index is -0.589. The van der Waals surface area contributed by atoms with Gasteiger partial charge in [-0.05, 0) is 66.9 Å². The summed E-state index contributed by atoms with van der Waals surface area (Å²) >= 11 is 0. The highest BCUT2D eigenvalue weighted by Gasteiger charge is 2.36. The third-order valence-corrected chi connectivity index (χ3v) is 5.48. The Labute approximate surface area is 172 Å². The van der Waals surface area contributed by atoms with Crippen LogP contribution >= 0.6 is 0 Å². The van der Waals surface area contributed by atoms with Gasteiger partial charge < -0.3 is 14.5 Å². The summed E-state index contributed by atoms with van der Waals surface area (Å²) in [4.78, 5) is 25.9. The van der Waals surface area contributed by atoms with Crippen molar-refractivity contribution < 1.29 is 13.9 Å². The molecule has 148 valence electrons. The number of fused-ring (bicyclic) bond motifs is 2. The number of carbonyl (C=O) groups excluding carboxylic acids is 1. The number of hydrogen-bond acceptors (Lipinski definition) is 4. The van der Waals surface area contributed by atoms with E-state index in [1.807, 2.05) is 74.5 Å². The van der Waals surface area contributed by atoms with E-state index in [0.717, 1.165) is 16.7 Å². The summed E-state index contributed by atoms with van der Waals surface area (Å²) in [6.07, 6.45) is 0. The van der Waals surface area contributed by atoms with Crippen LogP contribution in [0.3, 0.4) is 0 Å². The number of para-hydroxylation sites is 1. The zero-order valence-electron chi connectivity index (χ0n) is 16.6. The van der Waals surface area contributed by atoms with E-state index in [-0.39, 0.29) is 17.1 Å². The molecule has 5 nitrogen and oxygen atoms in total. The molecule has 1 unspecified atom stereocenters. The molecule has 0 radical (unpaired) electrons. The Morgan fingerprint density at radius 2 is 1.60 bits per heavy atom. The van der Waals surface area contributed by atoms with Gasteiger partial charge in [-0.25, -0.2) is 0 Å². The molecular weight excluding hydrogens is 378 g/mol. The summed E-state index contributed by atoms with van der Waals surface area (Å²) in [6.45, 7) is 3.90. The van der Waals surface area contributed by atoms with Crippen molar-refractivity contribution in [3.63, 3.8) is 0 Å². The summed E-state index contributed by atoms with van der Waals surface area (Å²) in [5.41, 5.74) is 3.35. The van der Waals surface area contributed by atoms with E-state index in [1.54, 1.807) is 6.07 Å². The molecule has 30 heavy (non-hydrogen) atoms. The zero-order chi connectivity index (χ0) is 20.8. The van der Waals surface area contributed by atoms with Crippen LogP contribution in [0.15, 0.2) is 75.9 Å². The maximum atomic E-state index is 13.3. The first kappa shape index (κ1) is 18.2. The fraction of sp³-hybridized carbons (Fsp3) is 0.120. The molecule has 1 atom stereocenters. The largest absolute Gasteiger partial charge is 0.457 e. The Morgan fingerprint density at radius 3 is 2.40 bits per heavy atom. The van der Waals surface area contributed by atoms with Crippen molar-refractivity contribution in [2.45, 2.75) is 19.9 Å². The smallest absolute Gasteiger partial charge is 0.288 e. The van der Waals surface area contributed by atoms with Gasteiger partial charge in [0.15, 0.2) is 5.43 Å². The lowest BCUT2D eigenvalue weighted by Gasteiger charge is -2.14. The second-order valence-electron chi connectivity index (χ2n) is 7.50. The summed E-state index contributed by atoms with van der Waals surface area (Å²) in [5.74, 6) is 1.02. The summed E-state index contributed by atoms with van der Waals surface area (Å²) < 4.78 is 11.8. The molecule has 5 rings (SSSR count). The van der Waals surface area contributed by atoms with Gasteiger partial charge in [0, 0.05) is 0 Å². The highest BCUT2D eigenvalue weighted by Crippen LogP contribution is 2.33. The molecule has 0 fully saturated rings. The maximum absolute atomic E-state index is 13.3. The van der Waals surface area contributed by atoms with Gasteiger partial charge >= 0.3 is 0 Å². The fourth-order valence-electron chi connectivity index (χ4n) is 3.80. The molecule has 4 aromatic rings. The predicted molar refractivity (Wildman–Crippen MR) is 114 cm³/mol. The molecule has 1 aliphatic rings. The quantitative estimate of drug-likeness (QED) is 0.526. The minimum Gasteiger partial charge on any atom is -0.457 e. The molecule has 1 N–H and O–H groups in total. The predicted octanol–water partition coefficient (Wildman–Crippen LogP) is 5.03. The van der Waals surface area contributed by atoms with Crippen molar-refractivity contribution in [3.8, 4) is 11.5 Å². The Kier molecular flexibility index (Phi) is 4.17. The van der Waals surface area contributed by atoms with Crippen LogP contribution in [0.25, 0.3) is 11.0 Å². The van der Waals surface area contributed by atoms with Crippen molar-refractivity contribution in [1.29, 1.82) is 0 Å². The van der Waals surface area contributed by atoms with Gasteiger partial charge in [-0.2, -0.15) is 0 Å². The van der Waals surface area contributed by atoms with E-state index in [1.165, 1.54) is 0 Å². The topological polar surface area (TPSA) is 68.5 Å². The van der Waals surface area contributed by atoms with Gasteiger partial charge in [0.05, 0.1) is 17.0 Å². The van der Waals surface area contributed by atoms with Crippen LogP contribution in [0.1, 0.15) is 38.9 Å². The summed E-state index contributed by atoms with van der Waals surface area (Å²) in [7, 11) is 0. The first-order valence-electron chi connectivity index (χ1n) is 9.73. The van der Waals surface area contributed by atoms with Gasteiger partial charge in [0.25, 0.3) is 5.91 Å². The monoisotopic (exact) mass is 397 g/mol. The van der Waals surface area contributed by atoms with Crippen LogP contribution in [-0.4, -0.2) is 5.91 Å². The molecular formula is C25H19NO4. The number of aryl methyl sites for hydroxylation is 2. The molecule has 1 aromatic heterocycles. The molecule has 0 spiro atoms. The van der Waals surface area contributed by atoms with Gasteiger partial charge in [-0.15, -0.1) is 0 Å². The van der Waals surface area contributed by atoms with E-state index in [0.29, 0.717) is 28.0 Å². The molecule has 0 saturated heterocycles. The van der Waals surface area contributed by atoms with E-state index in [2.05, 4.69) is 5.32 Å². The Morgan fingerprint density at radius 1 is 0.867 bits per heavy atom. The van der Waals surface area contributed by atoms with Crippen molar-refractivity contribution in [3.05, 3.63) is 105 Å². The standard InChI is InChI=1S/C25H19NO4/c1-14-11-19-20(12-15(14)2)30-24-21(23(19)27)22(26-25(24)28)16-7-6-10-18(13-16)29-17-8-4-3-5-9-17/h3-13,22H,1-2H3,(H,26,28). The fourth-order valence-corrected chi connectivity index (χ4v) is 3.80. The first-order valence-corrected chi connectivity index (χ1v) is 9.73. The molecule has 3 aromatic carbocycles. The number of benzene rings is 3. The lowest BCUT2D eigenvalue weighted by molar-refractivity contribution is 0.0938. The van der Waals surface area contributed by atoms with Gasteiger partial charge in [0.2, 0.25) is 5.76 Å². The maximum Gasteiger partial charge on any atom is 0.288 e. The van der Waals surface area contributed by atoms with Gasteiger partial charge in [0.1, 0.15) is 17.1 Å². The average molecular weight is 397 g/mol. The van der Waals surface area contributed by atoms with E-state index < -0.39 is 6.04 Å². The van der Waals surface area contributed by atoms with Crippen molar-refractivity contribution in [1.82, 2.24) is 5.32 Å². The molecule has 0 aliphatic carbocycles. The molecule has 0 saturated carbocycles. The van der Waals surface area contributed by atoms with Crippen LogP contribution in [0.2, 0.25) is 0 Å². The van der Waals surface area contributed by atoms with E-state index >= 15 is 0 Å². The van der Waals surface area contributed by atoms with E-state index in [9.17, 15) is 9.59 Å². The highest BCUT2D eigenvalue weighted by molar-refractivity contribution is 5.99. The third kappa shape index (κ3) is 2.95. The Balaban J connectivity index is 1.61. The number of carbonyl (C=O) groups is 1. The SMILES string of the molecule is Cc1cc2oc3c(c(=O)c2cc1C)C(c1cccc(Oc2ccccc2)c1)NC3=O. The number of amides is 1. The minimum absolute atomic E-state index is 0.0788.